The molecule has 0 atom stereocenters. The summed E-state index contributed by atoms with van der Waals surface area (Å²) in [6.45, 7) is -0.439. The van der Waals surface area contributed by atoms with Gasteiger partial charge in [-0.1, -0.05) is 12.1 Å². The van der Waals surface area contributed by atoms with E-state index in [2.05, 4.69) is 10.4 Å². The van der Waals surface area contributed by atoms with E-state index in [1.54, 1.807) is 24.3 Å². The number of hydrazine groups is 1. The van der Waals surface area contributed by atoms with E-state index >= 15 is 0 Å². The molecule has 2 aromatic carbocycles. The van der Waals surface area contributed by atoms with Crippen LogP contribution in [0.4, 0.5) is 24.5 Å². The maximum atomic E-state index is 12.6. The van der Waals surface area contributed by atoms with E-state index in [-0.39, 0.29) is 5.84 Å². The molecular formula is C16H17F3N6O2. The van der Waals surface area contributed by atoms with Crippen molar-refractivity contribution >= 4 is 23.1 Å². The Bertz CT molecular complexity index is 824. The van der Waals surface area contributed by atoms with Crippen molar-refractivity contribution in [1.29, 1.82) is 0 Å². The molecule has 0 aliphatic carbocycles. The maximum Gasteiger partial charge on any atom is 0.416 e. The van der Waals surface area contributed by atoms with Crippen molar-refractivity contribution in [1.82, 2.24) is 10.6 Å². The summed E-state index contributed by atoms with van der Waals surface area (Å²) < 4.78 is 37.9. The summed E-state index contributed by atoms with van der Waals surface area (Å²) in [5.41, 5.74) is 7.83. The van der Waals surface area contributed by atoms with Crippen LogP contribution in [0.2, 0.25) is 0 Å². The molecule has 0 saturated heterocycles. The molecule has 2 aromatic rings. The van der Waals surface area contributed by atoms with Crippen LogP contribution in [0.1, 0.15) is 11.1 Å². The lowest BCUT2D eigenvalue weighted by atomic mass is 10.1. The number of hydrogen-bond donors (Lipinski definition) is 5. The van der Waals surface area contributed by atoms with Crippen molar-refractivity contribution in [3.63, 3.8) is 0 Å². The number of nitrogens with one attached hydrogen (secondary N) is 2. The number of nitrogens with zero attached hydrogens (tertiary/aromatic N) is 2. The van der Waals surface area contributed by atoms with Gasteiger partial charge in [0.15, 0.2) is 5.84 Å². The van der Waals surface area contributed by atoms with Gasteiger partial charge in [-0.2, -0.15) is 13.2 Å². The van der Waals surface area contributed by atoms with Crippen LogP contribution in [0.15, 0.2) is 53.6 Å². The Kier molecular flexibility index (Phi) is 6.21. The topological polar surface area (TPSA) is 129 Å². The van der Waals surface area contributed by atoms with Gasteiger partial charge in [0.05, 0.1) is 5.56 Å². The van der Waals surface area contributed by atoms with Gasteiger partial charge < -0.3 is 11.1 Å². The zero-order valence-corrected chi connectivity index (χ0v) is 13.9. The van der Waals surface area contributed by atoms with Gasteiger partial charge in [-0.15, -0.1) is 5.10 Å². The molecule has 0 aliphatic heterocycles. The highest BCUT2D eigenvalue weighted by molar-refractivity contribution is 6.02. The highest BCUT2D eigenvalue weighted by atomic mass is 19.4. The second-order valence-corrected chi connectivity index (χ2v) is 5.36. The molecule has 0 heterocycles. The van der Waals surface area contributed by atoms with Gasteiger partial charge in [-0.25, -0.2) is 16.4 Å². The van der Waals surface area contributed by atoms with Crippen molar-refractivity contribution < 1.29 is 23.2 Å². The summed E-state index contributed by atoms with van der Waals surface area (Å²) >= 11 is 0. The molecular weight excluding hydrogens is 365 g/mol. The number of hydrogen-bond acceptors (Lipinski definition) is 6. The molecule has 0 unspecified atom stereocenters. The van der Waals surface area contributed by atoms with Crippen molar-refractivity contribution in [2.75, 3.05) is 11.9 Å². The molecule has 0 radical (unpaired) electrons. The number of halogens is 3. The average Bonchev–Trinajstić information content (AvgIpc) is 2.61. The summed E-state index contributed by atoms with van der Waals surface area (Å²) in [7, 11) is 0. The smallest absolute Gasteiger partial charge is 0.382 e. The third kappa shape index (κ3) is 5.59. The number of nitrogens with two attached hydrogens (primary N) is 2. The highest BCUT2D eigenvalue weighted by Gasteiger charge is 2.29. The quantitative estimate of drug-likeness (QED) is 0.170. The van der Waals surface area contributed by atoms with Crippen LogP contribution in [0.5, 0.6) is 0 Å². The molecule has 0 saturated carbocycles. The lowest BCUT2D eigenvalue weighted by Gasteiger charge is -2.15. The number of hydroxylamine groups is 1. The van der Waals surface area contributed by atoms with Gasteiger partial charge in [0, 0.05) is 16.9 Å². The highest BCUT2D eigenvalue weighted by Crippen LogP contribution is 2.30. The predicted octanol–water partition coefficient (Wildman–Crippen LogP) is 1.75. The molecule has 0 spiro atoms. The number of hydrazone groups is 1. The van der Waals surface area contributed by atoms with E-state index in [0.29, 0.717) is 16.9 Å². The molecule has 11 heteroatoms. The largest absolute Gasteiger partial charge is 0.416 e. The molecule has 2 rings (SSSR count). The average molecular weight is 382 g/mol. The maximum absolute atomic E-state index is 12.6. The van der Waals surface area contributed by atoms with Gasteiger partial charge in [-0.05, 0) is 36.4 Å². The van der Waals surface area contributed by atoms with Gasteiger partial charge in [0.1, 0.15) is 6.54 Å². The minimum Gasteiger partial charge on any atom is -0.382 e. The van der Waals surface area contributed by atoms with Crippen LogP contribution in [0, 0.1) is 0 Å². The van der Waals surface area contributed by atoms with Gasteiger partial charge in [0.25, 0.3) is 5.91 Å². The number of amides is 1. The first kappa shape index (κ1) is 20.0. The van der Waals surface area contributed by atoms with E-state index in [1.165, 1.54) is 17.6 Å². The Hall–Kier alpha value is -3.31. The number of rotatable bonds is 6. The normalized spacial score (nSPS) is 11.8. The molecule has 8 nitrogen and oxygen atoms in total. The number of alkyl halides is 3. The lowest BCUT2D eigenvalue weighted by Crippen LogP contribution is -2.38. The van der Waals surface area contributed by atoms with E-state index in [4.69, 9.17) is 16.8 Å². The molecule has 0 fully saturated rings. The van der Waals surface area contributed by atoms with E-state index < -0.39 is 24.2 Å². The van der Waals surface area contributed by atoms with E-state index in [0.717, 1.165) is 17.3 Å². The Morgan fingerprint density at radius 2 is 1.78 bits per heavy atom. The van der Waals surface area contributed by atoms with E-state index in [9.17, 15) is 18.0 Å². The molecule has 0 bridgehead atoms. The van der Waals surface area contributed by atoms with Crippen molar-refractivity contribution in [3.8, 4) is 0 Å². The first-order valence-electron chi connectivity index (χ1n) is 7.53. The minimum absolute atomic E-state index is 0.0433. The van der Waals surface area contributed by atoms with Crippen molar-refractivity contribution in [2.24, 2.45) is 16.7 Å². The monoisotopic (exact) mass is 382 g/mol. The zero-order valence-electron chi connectivity index (χ0n) is 13.9. The summed E-state index contributed by atoms with van der Waals surface area (Å²) in [5, 5.41) is 16.0. The molecule has 1 amide bonds. The minimum atomic E-state index is -4.42. The van der Waals surface area contributed by atoms with Crippen LogP contribution in [0.25, 0.3) is 0 Å². The Labute approximate surface area is 152 Å². The number of para-hydroxylation sites is 1. The number of carbonyl (C=O) groups is 1. The molecule has 27 heavy (non-hydrogen) atoms. The van der Waals surface area contributed by atoms with Crippen molar-refractivity contribution in [3.05, 3.63) is 59.7 Å². The fourth-order valence-electron chi connectivity index (χ4n) is 2.12. The number of amidine groups is 1. The van der Waals surface area contributed by atoms with Crippen LogP contribution < -0.4 is 22.4 Å². The summed E-state index contributed by atoms with van der Waals surface area (Å²) in [4.78, 5) is 11.1. The summed E-state index contributed by atoms with van der Waals surface area (Å²) in [6, 6.07) is 11.1. The summed E-state index contributed by atoms with van der Waals surface area (Å²) in [5.74, 6) is 4.69. The standard InChI is InChI=1S/C16H17F3N6O2/c17-16(18,19)10-5-7-11(8-6-10)22-13-4-2-1-3-12(13)15(20)23-25(21)9-14(26)24-27/h1-8,22,27H,9,21H2,(H2,20,23)(H,24,26). The lowest BCUT2D eigenvalue weighted by molar-refractivity contribution is -0.137. The number of carbonyl (C=O) groups excluding carboxylic acids is 1. The molecule has 7 N–H and O–H groups in total. The summed E-state index contributed by atoms with van der Waals surface area (Å²) in [6.07, 6.45) is -4.42. The van der Waals surface area contributed by atoms with E-state index in [1.807, 2.05) is 0 Å². The Morgan fingerprint density at radius 3 is 2.37 bits per heavy atom. The zero-order chi connectivity index (χ0) is 20.0. The van der Waals surface area contributed by atoms with Gasteiger partial charge >= 0.3 is 6.18 Å². The number of anilines is 2. The molecule has 0 aromatic heterocycles. The fourth-order valence-corrected chi connectivity index (χ4v) is 2.12. The van der Waals surface area contributed by atoms with Gasteiger partial charge in [0.2, 0.25) is 0 Å². The SMILES string of the molecule is N/C(=N\N(N)CC(=O)NO)c1ccccc1Nc1ccc(C(F)(F)F)cc1. The third-order valence-electron chi connectivity index (χ3n) is 3.36. The van der Waals surface area contributed by atoms with Crippen LogP contribution >= 0.6 is 0 Å². The third-order valence-corrected chi connectivity index (χ3v) is 3.36. The molecule has 0 aliphatic rings. The van der Waals surface area contributed by atoms with Crippen LogP contribution in [-0.4, -0.2) is 28.6 Å². The van der Waals surface area contributed by atoms with Gasteiger partial charge in [-0.3, -0.25) is 10.0 Å². The van der Waals surface area contributed by atoms with Crippen molar-refractivity contribution in [2.45, 2.75) is 6.18 Å². The second kappa shape index (κ2) is 8.38. The Morgan fingerprint density at radius 1 is 1.15 bits per heavy atom. The predicted molar refractivity (Wildman–Crippen MR) is 92.7 cm³/mol. The second-order valence-electron chi connectivity index (χ2n) is 5.36. The van der Waals surface area contributed by atoms with Crippen LogP contribution in [0.3, 0.4) is 0 Å². The molecule has 144 valence electrons. The first-order valence-corrected chi connectivity index (χ1v) is 7.53. The number of benzene rings is 2. The fraction of sp³-hybridized carbons (Fsp3) is 0.125. The van der Waals surface area contributed by atoms with Crippen LogP contribution in [-0.2, 0) is 11.0 Å². The first-order chi connectivity index (χ1) is 12.7. The Balaban J connectivity index is 2.21.